The second-order valence-electron chi connectivity index (χ2n) is 3.62. The maximum atomic E-state index is 11.6. The van der Waals surface area contributed by atoms with Crippen LogP contribution in [0.3, 0.4) is 0 Å². The van der Waals surface area contributed by atoms with Gasteiger partial charge in [-0.25, -0.2) is 0 Å². The highest BCUT2D eigenvalue weighted by Gasteiger charge is 2.05. The number of pyridine rings is 1. The van der Waals surface area contributed by atoms with E-state index in [2.05, 4.69) is 15.9 Å². The van der Waals surface area contributed by atoms with E-state index >= 15 is 0 Å². The summed E-state index contributed by atoms with van der Waals surface area (Å²) in [5.41, 5.74) is 0.949. The molecule has 0 fully saturated rings. The summed E-state index contributed by atoms with van der Waals surface area (Å²) in [4.78, 5) is 11.6. The number of rotatable bonds is 3. The van der Waals surface area contributed by atoms with Crippen molar-refractivity contribution in [3.63, 3.8) is 0 Å². The van der Waals surface area contributed by atoms with Gasteiger partial charge in [-0.05, 0) is 24.3 Å². The third kappa shape index (κ3) is 2.77. The number of halogens is 1. The largest absolute Gasteiger partial charge is 0.496 e. The van der Waals surface area contributed by atoms with E-state index in [1.165, 1.54) is 0 Å². The first kappa shape index (κ1) is 11.9. The van der Waals surface area contributed by atoms with E-state index in [0.29, 0.717) is 6.54 Å². The van der Waals surface area contributed by atoms with Crippen LogP contribution in [0, 0.1) is 0 Å². The van der Waals surface area contributed by atoms with Crippen LogP contribution in [0.15, 0.2) is 51.9 Å². The standard InChI is InChI=1S/C13H12BrNO2/c1-17-12-6-5-11(14)8-10(12)9-15-7-3-2-4-13(15)16/h2-8H,9H2,1H3. The first-order chi connectivity index (χ1) is 8.20. The number of hydrogen-bond donors (Lipinski definition) is 0. The van der Waals surface area contributed by atoms with Crippen LogP contribution in [-0.2, 0) is 6.54 Å². The molecule has 0 N–H and O–H groups in total. The lowest BCUT2D eigenvalue weighted by Crippen LogP contribution is -2.18. The summed E-state index contributed by atoms with van der Waals surface area (Å²) >= 11 is 3.41. The fraction of sp³-hybridized carbons (Fsp3) is 0.154. The number of nitrogens with zero attached hydrogens (tertiary/aromatic N) is 1. The van der Waals surface area contributed by atoms with Gasteiger partial charge >= 0.3 is 0 Å². The van der Waals surface area contributed by atoms with Crippen LogP contribution >= 0.6 is 15.9 Å². The number of ether oxygens (including phenoxy) is 1. The van der Waals surface area contributed by atoms with Crippen LogP contribution < -0.4 is 10.3 Å². The van der Waals surface area contributed by atoms with Gasteiger partial charge in [-0.2, -0.15) is 0 Å². The second-order valence-corrected chi connectivity index (χ2v) is 4.54. The van der Waals surface area contributed by atoms with Crippen molar-refractivity contribution in [2.75, 3.05) is 7.11 Å². The van der Waals surface area contributed by atoms with Crippen LogP contribution in [0.25, 0.3) is 0 Å². The molecule has 0 spiro atoms. The Morgan fingerprint density at radius 1 is 1.29 bits per heavy atom. The minimum atomic E-state index is -0.0190. The zero-order chi connectivity index (χ0) is 12.3. The van der Waals surface area contributed by atoms with Crippen molar-refractivity contribution >= 4 is 15.9 Å². The van der Waals surface area contributed by atoms with Gasteiger partial charge in [0.1, 0.15) is 5.75 Å². The Morgan fingerprint density at radius 2 is 2.12 bits per heavy atom. The van der Waals surface area contributed by atoms with E-state index in [4.69, 9.17) is 4.74 Å². The zero-order valence-corrected chi connectivity index (χ0v) is 11.0. The fourth-order valence-corrected chi connectivity index (χ4v) is 2.05. The summed E-state index contributed by atoms with van der Waals surface area (Å²) in [6, 6.07) is 10.9. The van der Waals surface area contributed by atoms with Crippen molar-refractivity contribution in [3.8, 4) is 5.75 Å². The summed E-state index contributed by atoms with van der Waals surface area (Å²) in [5.74, 6) is 0.781. The minimum Gasteiger partial charge on any atom is -0.496 e. The molecular formula is C13H12BrNO2. The highest BCUT2D eigenvalue weighted by molar-refractivity contribution is 9.10. The molecule has 0 aliphatic carbocycles. The number of aromatic nitrogens is 1. The van der Waals surface area contributed by atoms with E-state index < -0.39 is 0 Å². The molecule has 0 unspecified atom stereocenters. The topological polar surface area (TPSA) is 31.2 Å². The smallest absolute Gasteiger partial charge is 0.250 e. The lowest BCUT2D eigenvalue weighted by Gasteiger charge is -2.10. The molecule has 0 saturated heterocycles. The Hall–Kier alpha value is -1.55. The summed E-state index contributed by atoms with van der Waals surface area (Å²) in [6.45, 7) is 0.502. The van der Waals surface area contributed by atoms with E-state index in [0.717, 1.165) is 15.8 Å². The highest BCUT2D eigenvalue weighted by Crippen LogP contribution is 2.23. The van der Waals surface area contributed by atoms with Crippen LogP contribution in [-0.4, -0.2) is 11.7 Å². The van der Waals surface area contributed by atoms with Crippen LogP contribution in [0.5, 0.6) is 5.75 Å². The summed E-state index contributed by atoms with van der Waals surface area (Å²) in [5, 5.41) is 0. The highest BCUT2D eigenvalue weighted by atomic mass is 79.9. The Morgan fingerprint density at radius 3 is 2.82 bits per heavy atom. The lowest BCUT2D eigenvalue weighted by atomic mass is 10.2. The first-order valence-electron chi connectivity index (χ1n) is 5.18. The Bertz CT molecular complexity index is 578. The molecule has 17 heavy (non-hydrogen) atoms. The summed E-state index contributed by atoms with van der Waals surface area (Å²) < 4.78 is 7.89. The molecule has 0 aliphatic heterocycles. The third-order valence-electron chi connectivity index (χ3n) is 2.48. The number of hydrogen-bond acceptors (Lipinski definition) is 2. The maximum Gasteiger partial charge on any atom is 0.250 e. The van der Waals surface area contributed by atoms with Crippen molar-refractivity contribution in [1.29, 1.82) is 0 Å². The van der Waals surface area contributed by atoms with Gasteiger partial charge in [0.2, 0.25) is 0 Å². The minimum absolute atomic E-state index is 0.0190. The third-order valence-corrected chi connectivity index (χ3v) is 2.98. The molecule has 0 atom stereocenters. The van der Waals surface area contributed by atoms with Gasteiger partial charge in [0.15, 0.2) is 0 Å². The normalized spacial score (nSPS) is 10.2. The molecule has 0 amide bonds. The van der Waals surface area contributed by atoms with E-state index in [1.54, 1.807) is 30.0 Å². The number of benzene rings is 1. The molecular weight excluding hydrogens is 282 g/mol. The molecule has 0 radical (unpaired) electrons. The van der Waals surface area contributed by atoms with Gasteiger partial charge in [-0.1, -0.05) is 22.0 Å². The predicted octanol–water partition coefficient (Wildman–Crippen LogP) is 2.67. The van der Waals surface area contributed by atoms with Gasteiger partial charge in [0.05, 0.1) is 13.7 Å². The Balaban J connectivity index is 2.39. The Kier molecular flexibility index (Phi) is 3.64. The molecule has 1 heterocycles. The van der Waals surface area contributed by atoms with Crippen LogP contribution in [0.4, 0.5) is 0 Å². The molecule has 4 heteroatoms. The number of methoxy groups -OCH3 is 1. The van der Waals surface area contributed by atoms with Crippen molar-refractivity contribution in [3.05, 3.63) is 63.0 Å². The fourth-order valence-electron chi connectivity index (χ4n) is 1.65. The lowest BCUT2D eigenvalue weighted by molar-refractivity contribution is 0.408. The summed E-state index contributed by atoms with van der Waals surface area (Å²) in [7, 11) is 1.63. The zero-order valence-electron chi connectivity index (χ0n) is 9.39. The van der Waals surface area contributed by atoms with Crippen LogP contribution in [0.1, 0.15) is 5.56 Å². The van der Waals surface area contributed by atoms with Crippen LogP contribution in [0.2, 0.25) is 0 Å². The van der Waals surface area contributed by atoms with Gasteiger partial charge in [-0.15, -0.1) is 0 Å². The van der Waals surface area contributed by atoms with E-state index in [1.807, 2.05) is 24.3 Å². The van der Waals surface area contributed by atoms with Gasteiger partial charge in [0, 0.05) is 22.3 Å². The van der Waals surface area contributed by atoms with Gasteiger partial charge in [-0.3, -0.25) is 4.79 Å². The molecule has 0 bridgehead atoms. The van der Waals surface area contributed by atoms with Crippen molar-refractivity contribution in [1.82, 2.24) is 4.57 Å². The molecule has 0 aliphatic rings. The maximum absolute atomic E-state index is 11.6. The predicted molar refractivity (Wildman–Crippen MR) is 70.5 cm³/mol. The first-order valence-corrected chi connectivity index (χ1v) is 5.98. The average molecular weight is 294 g/mol. The van der Waals surface area contributed by atoms with Crippen molar-refractivity contribution in [2.45, 2.75) is 6.54 Å². The van der Waals surface area contributed by atoms with Gasteiger partial charge < -0.3 is 9.30 Å². The van der Waals surface area contributed by atoms with Gasteiger partial charge in [0.25, 0.3) is 5.56 Å². The average Bonchev–Trinajstić information content (AvgIpc) is 2.32. The van der Waals surface area contributed by atoms with Crippen molar-refractivity contribution < 1.29 is 4.74 Å². The van der Waals surface area contributed by atoms with E-state index in [9.17, 15) is 4.79 Å². The molecule has 1 aromatic carbocycles. The Labute approximate surface area is 108 Å². The second kappa shape index (κ2) is 5.19. The SMILES string of the molecule is COc1ccc(Br)cc1Cn1ccccc1=O. The molecule has 3 nitrogen and oxygen atoms in total. The molecule has 88 valence electrons. The van der Waals surface area contributed by atoms with Crippen molar-refractivity contribution in [2.24, 2.45) is 0 Å². The molecule has 1 aromatic heterocycles. The molecule has 2 rings (SSSR count). The molecule has 0 saturated carbocycles. The van der Waals surface area contributed by atoms with E-state index in [-0.39, 0.29) is 5.56 Å². The summed E-state index contributed by atoms with van der Waals surface area (Å²) in [6.07, 6.45) is 1.77. The molecule has 2 aromatic rings. The monoisotopic (exact) mass is 293 g/mol. The quantitative estimate of drug-likeness (QED) is 0.871.